The van der Waals surface area contributed by atoms with Gasteiger partial charge in [-0.2, -0.15) is 0 Å². The lowest BCUT2D eigenvalue weighted by molar-refractivity contribution is 0.101. The summed E-state index contributed by atoms with van der Waals surface area (Å²) in [5.41, 5.74) is 2.07. The van der Waals surface area contributed by atoms with Crippen molar-refractivity contribution in [2.24, 2.45) is 0 Å². The second kappa shape index (κ2) is 12.0. The lowest BCUT2D eigenvalue weighted by Gasteiger charge is -2.15. The number of fused-ring (bicyclic) bond motifs is 1. The van der Waals surface area contributed by atoms with Gasteiger partial charge in [-0.25, -0.2) is 9.97 Å². The van der Waals surface area contributed by atoms with E-state index in [0.717, 1.165) is 11.1 Å². The van der Waals surface area contributed by atoms with Crippen LogP contribution in [0.2, 0.25) is 0 Å². The molecule has 0 fully saturated rings. The van der Waals surface area contributed by atoms with E-state index in [-0.39, 0.29) is 18.2 Å². The third-order valence-corrected chi connectivity index (χ3v) is 4.32. The van der Waals surface area contributed by atoms with Crippen LogP contribution in [0.1, 0.15) is 17.3 Å². The van der Waals surface area contributed by atoms with Gasteiger partial charge in [-0.05, 0) is 25.1 Å². The van der Waals surface area contributed by atoms with Crippen molar-refractivity contribution in [1.29, 1.82) is 0 Å². The first-order valence-electron chi connectivity index (χ1n) is 9.52. The zero-order valence-corrected chi connectivity index (χ0v) is 18.5. The Balaban J connectivity index is 0.00000341. The van der Waals surface area contributed by atoms with Crippen LogP contribution >= 0.6 is 12.4 Å². The van der Waals surface area contributed by atoms with Crippen LogP contribution in [0.3, 0.4) is 0 Å². The summed E-state index contributed by atoms with van der Waals surface area (Å²) < 4.78 is 21.8. The SMILES string of the molecule is COCCOc1cc2ncnc(Nc3cccc(C(C)=O)c3)c2cc1OCCOC.Cl. The highest BCUT2D eigenvalue weighted by molar-refractivity contribution is 5.96. The number of hydrogen-bond donors (Lipinski definition) is 1. The molecular formula is C22H26ClN3O5. The Morgan fingerprint density at radius 1 is 0.935 bits per heavy atom. The van der Waals surface area contributed by atoms with Crippen LogP contribution in [0.4, 0.5) is 11.5 Å². The van der Waals surface area contributed by atoms with Crippen LogP contribution in [-0.4, -0.2) is 56.4 Å². The highest BCUT2D eigenvalue weighted by atomic mass is 35.5. The number of carbonyl (C=O) groups excluding carboxylic acids is 1. The largest absolute Gasteiger partial charge is 0.487 e. The highest BCUT2D eigenvalue weighted by Crippen LogP contribution is 2.35. The molecule has 1 heterocycles. The summed E-state index contributed by atoms with van der Waals surface area (Å²) in [5, 5.41) is 4.03. The number of aromatic nitrogens is 2. The molecule has 3 rings (SSSR count). The summed E-state index contributed by atoms with van der Waals surface area (Å²) in [5.74, 6) is 1.73. The van der Waals surface area contributed by atoms with Gasteiger partial charge in [0.05, 0.1) is 18.7 Å². The zero-order chi connectivity index (χ0) is 21.3. The third-order valence-electron chi connectivity index (χ3n) is 4.32. The first-order chi connectivity index (χ1) is 14.6. The minimum absolute atomic E-state index is 0. The lowest BCUT2D eigenvalue weighted by atomic mass is 10.1. The fourth-order valence-corrected chi connectivity index (χ4v) is 2.81. The minimum Gasteiger partial charge on any atom is -0.487 e. The van der Waals surface area contributed by atoms with E-state index in [4.69, 9.17) is 18.9 Å². The molecular weight excluding hydrogens is 422 g/mol. The standard InChI is InChI=1S/C22H25N3O5.ClH/c1-15(26)16-5-4-6-17(11-16)25-22-18-12-20(29-9-7-27-2)21(30-10-8-28-3)13-19(18)23-14-24-22;/h4-6,11-14H,7-10H2,1-3H3,(H,23,24,25);1H. The van der Waals surface area contributed by atoms with E-state index in [1.807, 2.05) is 24.3 Å². The van der Waals surface area contributed by atoms with Crippen molar-refractivity contribution in [2.45, 2.75) is 6.92 Å². The molecule has 8 nitrogen and oxygen atoms in total. The van der Waals surface area contributed by atoms with Gasteiger partial charge in [0.25, 0.3) is 0 Å². The molecule has 0 aliphatic carbocycles. The molecule has 0 radical (unpaired) electrons. The number of nitrogens with one attached hydrogen (secondary N) is 1. The number of benzene rings is 2. The Kier molecular flexibility index (Phi) is 9.45. The normalized spacial score (nSPS) is 10.4. The maximum atomic E-state index is 11.7. The summed E-state index contributed by atoms with van der Waals surface area (Å²) >= 11 is 0. The molecule has 3 aromatic rings. The predicted octanol–water partition coefficient (Wildman–Crippen LogP) is 4.05. The van der Waals surface area contributed by atoms with E-state index < -0.39 is 0 Å². The van der Waals surface area contributed by atoms with Gasteiger partial charge in [0.1, 0.15) is 25.4 Å². The van der Waals surface area contributed by atoms with E-state index in [2.05, 4.69) is 15.3 Å². The quantitative estimate of drug-likeness (QED) is 0.347. The molecule has 0 saturated heterocycles. The summed E-state index contributed by atoms with van der Waals surface area (Å²) in [6, 6.07) is 10.9. The Hall–Kier alpha value is -2.94. The van der Waals surface area contributed by atoms with Crippen molar-refractivity contribution in [1.82, 2.24) is 9.97 Å². The number of anilines is 2. The van der Waals surface area contributed by atoms with Crippen LogP contribution in [0, 0.1) is 0 Å². The summed E-state index contributed by atoms with van der Waals surface area (Å²) in [6.45, 7) is 3.20. The van der Waals surface area contributed by atoms with Gasteiger partial charge in [-0.15, -0.1) is 12.4 Å². The van der Waals surface area contributed by atoms with Crippen LogP contribution in [0.25, 0.3) is 10.9 Å². The van der Waals surface area contributed by atoms with Gasteiger partial charge in [-0.3, -0.25) is 4.79 Å². The van der Waals surface area contributed by atoms with E-state index >= 15 is 0 Å². The molecule has 2 aromatic carbocycles. The topological polar surface area (TPSA) is 91.8 Å². The molecule has 1 aromatic heterocycles. The van der Waals surface area contributed by atoms with Crippen molar-refractivity contribution in [3.63, 3.8) is 0 Å². The summed E-state index contributed by atoms with van der Waals surface area (Å²) in [6.07, 6.45) is 1.48. The Labute approximate surface area is 187 Å². The molecule has 0 unspecified atom stereocenters. The maximum Gasteiger partial charge on any atom is 0.163 e. The summed E-state index contributed by atoms with van der Waals surface area (Å²) in [7, 11) is 3.23. The number of ether oxygens (including phenoxy) is 4. The molecule has 0 aliphatic heterocycles. The van der Waals surface area contributed by atoms with Crippen LogP contribution in [-0.2, 0) is 9.47 Å². The number of rotatable bonds is 11. The fourth-order valence-electron chi connectivity index (χ4n) is 2.81. The molecule has 0 atom stereocenters. The number of nitrogens with zero attached hydrogens (tertiary/aromatic N) is 2. The van der Waals surface area contributed by atoms with E-state index in [1.165, 1.54) is 13.3 Å². The van der Waals surface area contributed by atoms with Crippen molar-refractivity contribution in [2.75, 3.05) is 46.0 Å². The third kappa shape index (κ3) is 6.52. The van der Waals surface area contributed by atoms with Crippen molar-refractivity contribution >= 4 is 40.6 Å². The Bertz CT molecular complexity index is 1020. The second-order valence-electron chi connectivity index (χ2n) is 6.48. The molecule has 0 aliphatic rings. The molecule has 166 valence electrons. The van der Waals surface area contributed by atoms with Gasteiger partial charge in [0.15, 0.2) is 17.3 Å². The van der Waals surface area contributed by atoms with Gasteiger partial charge in [0, 0.05) is 36.9 Å². The molecule has 31 heavy (non-hydrogen) atoms. The number of halogens is 1. The van der Waals surface area contributed by atoms with Crippen LogP contribution < -0.4 is 14.8 Å². The Morgan fingerprint density at radius 2 is 1.61 bits per heavy atom. The predicted molar refractivity (Wildman–Crippen MR) is 121 cm³/mol. The van der Waals surface area contributed by atoms with E-state index in [1.54, 1.807) is 26.4 Å². The molecule has 0 bridgehead atoms. The maximum absolute atomic E-state index is 11.7. The van der Waals surface area contributed by atoms with Crippen molar-refractivity contribution < 1.29 is 23.7 Å². The van der Waals surface area contributed by atoms with Gasteiger partial charge < -0.3 is 24.3 Å². The number of ketones is 1. The zero-order valence-electron chi connectivity index (χ0n) is 17.7. The first kappa shape index (κ1) is 24.3. The fraction of sp³-hybridized carbons (Fsp3) is 0.318. The van der Waals surface area contributed by atoms with Crippen molar-refractivity contribution in [3.8, 4) is 11.5 Å². The molecule has 9 heteroatoms. The number of hydrogen-bond acceptors (Lipinski definition) is 8. The highest BCUT2D eigenvalue weighted by Gasteiger charge is 2.13. The number of methoxy groups -OCH3 is 2. The number of carbonyl (C=O) groups is 1. The van der Waals surface area contributed by atoms with Crippen LogP contribution in [0.15, 0.2) is 42.7 Å². The van der Waals surface area contributed by atoms with Crippen LogP contribution in [0.5, 0.6) is 11.5 Å². The smallest absolute Gasteiger partial charge is 0.163 e. The summed E-state index contributed by atoms with van der Waals surface area (Å²) in [4.78, 5) is 20.4. The molecule has 0 saturated carbocycles. The molecule has 0 spiro atoms. The Morgan fingerprint density at radius 3 is 2.26 bits per heavy atom. The molecule has 0 amide bonds. The van der Waals surface area contributed by atoms with Gasteiger partial charge in [-0.1, -0.05) is 12.1 Å². The average Bonchev–Trinajstić information content (AvgIpc) is 2.75. The van der Waals surface area contributed by atoms with Crippen molar-refractivity contribution in [3.05, 3.63) is 48.3 Å². The van der Waals surface area contributed by atoms with Gasteiger partial charge in [0.2, 0.25) is 0 Å². The molecule has 1 N–H and O–H groups in total. The lowest BCUT2D eigenvalue weighted by Crippen LogP contribution is -2.09. The van der Waals surface area contributed by atoms with E-state index in [9.17, 15) is 4.79 Å². The monoisotopic (exact) mass is 447 g/mol. The first-order valence-corrected chi connectivity index (χ1v) is 9.52. The average molecular weight is 448 g/mol. The second-order valence-corrected chi connectivity index (χ2v) is 6.48. The van der Waals surface area contributed by atoms with E-state index in [0.29, 0.717) is 54.8 Å². The number of Topliss-reactive ketones (excluding diaryl/α,β-unsaturated/α-hetero) is 1. The minimum atomic E-state index is -0.00197. The van der Waals surface area contributed by atoms with Gasteiger partial charge >= 0.3 is 0 Å².